The fourth-order valence-electron chi connectivity index (χ4n) is 3.06. The summed E-state index contributed by atoms with van der Waals surface area (Å²) in [5.41, 5.74) is 0.317. The highest BCUT2D eigenvalue weighted by Crippen LogP contribution is 2.37. The topological polar surface area (TPSA) is 48.0 Å². The Kier molecular flexibility index (Phi) is 5.94. The van der Waals surface area contributed by atoms with E-state index in [-0.39, 0.29) is 24.4 Å². The van der Waals surface area contributed by atoms with Crippen molar-refractivity contribution in [3.8, 4) is 0 Å². The van der Waals surface area contributed by atoms with Crippen LogP contribution in [-0.4, -0.2) is 48.0 Å². The van der Waals surface area contributed by atoms with Gasteiger partial charge in [0.05, 0.1) is 11.2 Å². The molecule has 25 heavy (non-hydrogen) atoms. The minimum atomic E-state index is -0.443. The highest BCUT2D eigenvalue weighted by molar-refractivity contribution is 6.51. The van der Waals surface area contributed by atoms with Gasteiger partial charge in [0.25, 0.3) is 0 Å². The minimum absolute atomic E-state index is 0.203. The summed E-state index contributed by atoms with van der Waals surface area (Å²) in [7, 11) is -0.276. The quantitative estimate of drug-likeness (QED) is 0.659. The van der Waals surface area contributed by atoms with Crippen LogP contribution in [0.3, 0.4) is 0 Å². The molecule has 142 valence electrons. The second-order valence-corrected chi connectivity index (χ2v) is 9.12. The SMILES string of the molecule is CC(C)(C)OC(=O)N1CCCC(=CB2OC(C)(C)C(C)(C)O2)CCC1. The fourth-order valence-corrected chi connectivity index (χ4v) is 3.06. The predicted molar refractivity (Wildman–Crippen MR) is 100 cm³/mol. The molecule has 0 saturated carbocycles. The Morgan fingerprint density at radius 1 is 1.08 bits per heavy atom. The summed E-state index contributed by atoms with van der Waals surface area (Å²) >= 11 is 0. The van der Waals surface area contributed by atoms with Crippen LogP contribution in [0.5, 0.6) is 0 Å². The molecule has 2 aliphatic rings. The lowest BCUT2D eigenvalue weighted by atomic mass is 9.84. The smallest absolute Gasteiger partial charge is 0.444 e. The molecule has 0 aromatic carbocycles. The van der Waals surface area contributed by atoms with Gasteiger partial charge in [0.15, 0.2) is 0 Å². The molecule has 0 aliphatic carbocycles. The highest BCUT2D eigenvalue weighted by Gasteiger charge is 2.50. The van der Waals surface area contributed by atoms with Gasteiger partial charge < -0.3 is 18.9 Å². The lowest BCUT2D eigenvalue weighted by Gasteiger charge is -2.32. The molecule has 0 spiro atoms. The van der Waals surface area contributed by atoms with Gasteiger partial charge in [0.2, 0.25) is 0 Å². The molecule has 0 radical (unpaired) electrons. The molecule has 0 atom stereocenters. The van der Waals surface area contributed by atoms with Gasteiger partial charge in [-0.15, -0.1) is 0 Å². The van der Waals surface area contributed by atoms with Crippen LogP contribution in [-0.2, 0) is 14.0 Å². The van der Waals surface area contributed by atoms with Crippen molar-refractivity contribution >= 4 is 13.2 Å². The van der Waals surface area contributed by atoms with Gasteiger partial charge in [-0.25, -0.2) is 4.79 Å². The van der Waals surface area contributed by atoms with Crippen LogP contribution in [0.4, 0.5) is 4.79 Å². The molecule has 0 aromatic heterocycles. The van der Waals surface area contributed by atoms with Crippen LogP contribution in [0.25, 0.3) is 0 Å². The number of ether oxygens (including phenoxy) is 1. The first-order chi connectivity index (χ1) is 11.4. The zero-order chi connectivity index (χ0) is 18.9. The van der Waals surface area contributed by atoms with Gasteiger partial charge >= 0.3 is 13.2 Å². The number of amides is 1. The van der Waals surface area contributed by atoms with Gasteiger partial charge in [-0.1, -0.05) is 11.5 Å². The van der Waals surface area contributed by atoms with E-state index in [9.17, 15) is 4.79 Å². The van der Waals surface area contributed by atoms with E-state index < -0.39 is 5.60 Å². The van der Waals surface area contributed by atoms with Gasteiger partial charge in [0.1, 0.15) is 5.60 Å². The van der Waals surface area contributed by atoms with E-state index in [0.717, 1.165) is 38.8 Å². The van der Waals surface area contributed by atoms with Crippen molar-refractivity contribution in [1.82, 2.24) is 4.90 Å². The van der Waals surface area contributed by atoms with Crippen molar-refractivity contribution in [2.24, 2.45) is 0 Å². The lowest BCUT2D eigenvalue weighted by Crippen LogP contribution is -2.41. The molecule has 0 bridgehead atoms. The summed E-state index contributed by atoms with van der Waals surface area (Å²) < 4.78 is 17.6. The standard InChI is InChI=1S/C19H34BNO4/c1-17(2,3)23-16(22)21-12-8-10-15(11-9-13-21)14-20-24-18(4,5)19(6,7)25-20/h14H,8-13H2,1-7H3. The zero-order valence-corrected chi connectivity index (χ0v) is 17.0. The van der Waals surface area contributed by atoms with Crippen LogP contribution < -0.4 is 0 Å². The molecule has 5 nitrogen and oxygen atoms in total. The third kappa shape index (κ3) is 5.48. The molecular formula is C19H34BNO4. The fraction of sp³-hybridized carbons (Fsp3) is 0.842. The van der Waals surface area contributed by atoms with Crippen LogP contribution >= 0.6 is 0 Å². The van der Waals surface area contributed by atoms with Crippen molar-refractivity contribution < 1.29 is 18.8 Å². The normalized spacial score (nSPS) is 23.9. The molecule has 0 unspecified atom stereocenters. The number of hydrogen-bond donors (Lipinski definition) is 0. The number of nitrogens with zero attached hydrogens (tertiary/aromatic N) is 1. The Balaban J connectivity index is 1.90. The third-order valence-corrected chi connectivity index (χ3v) is 5.15. The van der Waals surface area contributed by atoms with Crippen LogP contribution in [0.2, 0.25) is 0 Å². The van der Waals surface area contributed by atoms with E-state index in [1.54, 1.807) is 0 Å². The number of hydrogen-bond acceptors (Lipinski definition) is 4. The van der Waals surface area contributed by atoms with Crippen LogP contribution in [0.15, 0.2) is 11.5 Å². The maximum absolute atomic E-state index is 12.2. The molecule has 0 N–H and O–H groups in total. The third-order valence-electron chi connectivity index (χ3n) is 5.15. The number of likely N-dealkylation sites (tertiary alicyclic amines) is 1. The Bertz CT molecular complexity index is 494. The van der Waals surface area contributed by atoms with Crippen LogP contribution in [0, 0.1) is 0 Å². The number of allylic oxidation sites excluding steroid dienone is 1. The van der Waals surface area contributed by atoms with Crippen molar-refractivity contribution in [2.45, 2.75) is 91.0 Å². The maximum atomic E-state index is 12.2. The molecule has 2 rings (SSSR count). The van der Waals surface area contributed by atoms with E-state index in [4.69, 9.17) is 14.0 Å². The summed E-state index contributed by atoms with van der Waals surface area (Å²) in [5, 5.41) is 0. The second-order valence-electron chi connectivity index (χ2n) is 9.12. The number of carbonyl (C=O) groups is 1. The first kappa shape index (κ1) is 20.3. The summed E-state index contributed by atoms with van der Waals surface area (Å²) in [5.74, 6) is 2.14. The van der Waals surface area contributed by atoms with Gasteiger partial charge in [-0.05, 0) is 74.1 Å². The van der Waals surface area contributed by atoms with Crippen molar-refractivity contribution in [3.63, 3.8) is 0 Å². The first-order valence-electron chi connectivity index (χ1n) is 9.43. The summed E-state index contributed by atoms with van der Waals surface area (Å²) in [6.45, 7) is 15.5. The van der Waals surface area contributed by atoms with E-state index in [2.05, 4.69) is 33.7 Å². The minimum Gasteiger partial charge on any atom is -0.444 e. The molecule has 2 heterocycles. The second kappa shape index (κ2) is 7.32. The van der Waals surface area contributed by atoms with Gasteiger partial charge in [-0.3, -0.25) is 0 Å². The largest absolute Gasteiger partial charge is 0.487 e. The zero-order valence-electron chi connectivity index (χ0n) is 17.0. The molecule has 6 heteroatoms. The number of carbonyl (C=O) groups excluding carboxylic acids is 1. The first-order valence-corrected chi connectivity index (χ1v) is 9.43. The monoisotopic (exact) mass is 351 g/mol. The van der Waals surface area contributed by atoms with E-state index in [0.29, 0.717) is 0 Å². The molecular weight excluding hydrogens is 317 g/mol. The molecule has 1 amide bonds. The predicted octanol–water partition coefficient (Wildman–Crippen LogP) is 4.36. The maximum Gasteiger partial charge on any atom is 0.487 e. The highest BCUT2D eigenvalue weighted by atomic mass is 16.7. The Labute approximate surface area is 153 Å². The van der Waals surface area contributed by atoms with E-state index in [1.165, 1.54) is 5.57 Å². The Morgan fingerprint density at radius 3 is 2.00 bits per heavy atom. The van der Waals surface area contributed by atoms with Gasteiger partial charge in [0, 0.05) is 13.1 Å². The number of rotatable bonds is 1. The van der Waals surface area contributed by atoms with Gasteiger partial charge in [-0.2, -0.15) is 0 Å². The Morgan fingerprint density at radius 2 is 1.56 bits per heavy atom. The van der Waals surface area contributed by atoms with Crippen LogP contribution in [0.1, 0.15) is 74.1 Å². The molecule has 2 saturated heterocycles. The van der Waals surface area contributed by atoms with E-state index >= 15 is 0 Å². The average molecular weight is 351 g/mol. The summed E-state index contributed by atoms with van der Waals surface area (Å²) in [6, 6.07) is 0. The van der Waals surface area contributed by atoms with E-state index in [1.807, 2.05) is 25.7 Å². The Hall–Kier alpha value is -1.01. The van der Waals surface area contributed by atoms with Crippen molar-refractivity contribution in [1.29, 1.82) is 0 Å². The summed E-state index contributed by atoms with van der Waals surface area (Å²) in [4.78, 5) is 14.1. The molecule has 2 fully saturated rings. The molecule has 2 aliphatic heterocycles. The summed E-state index contributed by atoms with van der Waals surface area (Å²) in [6.07, 6.45) is 3.59. The average Bonchev–Trinajstić information content (AvgIpc) is 2.58. The lowest BCUT2D eigenvalue weighted by molar-refractivity contribution is 0.00578. The van der Waals surface area contributed by atoms with Crippen molar-refractivity contribution in [2.75, 3.05) is 13.1 Å². The van der Waals surface area contributed by atoms with Crippen molar-refractivity contribution in [3.05, 3.63) is 11.5 Å². The molecule has 0 aromatic rings.